The van der Waals surface area contributed by atoms with E-state index in [2.05, 4.69) is 0 Å². The fourth-order valence-corrected chi connectivity index (χ4v) is 3.80. The van der Waals surface area contributed by atoms with Crippen molar-refractivity contribution in [1.29, 1.82) is 0 Å². The summed E-state index contributed by atoms with van der Waals surface area (Å²) in [7, 11) is 0.987. The van der Waals surface area contributed by atoms with Crippen LogP contribution in [0.3, 0.4) is 0 Å². The molecule has 4 aromatic rings. The molecule has 0 aliphatic rings. The van der Waals surface area contributed by atoms with Gasteiger partial charge in [-0.15, -0.1) is 0 Å². The molecule has 190 valence electrons. The lowest BCUT2D eigenvalue weighted by atomic mass is 9.88. The minimum atomic E-state index is -1.22. The fourth-order valence-electron chi connectivity index (χ4n) is 3.80. The number of phenols is 3. The predicted molar refractivity (Wildman–Crippen MR) is 134 cm³/mol. The molecule has 0 atom stereocenters. The van der Waals surface area contributed by atoms with Gasteiger partial charge in [-0.3, -0.25) is 9.59 Å². The normalized spacial score (nSPS) is 10.4. The largest absolute Gasteiger partial charge is 0.508 e. The number of methoxy groups -OCH3 is 1. The summed E-state index contributed by atoms with van der Waals surface area (Å²) in [4.78, 5) is 53.1. The summed E-state index contributed by atoms with van der Waals surface area (Å²) in [6, 6.07) is 20.1. The Kier molecular flexibility index (Phi) is 7.20. The maximum absolute atomic E-state index is 13.7. The van der Waals surface area contributed by atoms with Crippen molar-refractivity contribution in [1.82, 2.24) is 0 Å². The summed E-state index contributed by atoms with van der Waals surface area (Å²) >= 11 is 0. The van der Waals surface area contributed by atoms with Gasteiger partial charge in [0.05, 0.1) is 29.4 Å². The summed E-state index contributed by atoms with van der Waals surface area (Å²) in [5, 5.41) is 31.8. The van der Waals surface area contributed by atoms with Gasteiger partial charge in [-0.1, -0.05) is 60.7 Å². The van der Waals surface area contributed by atoms with Crippen LogP contribution < -0.4 is 4.74 Å². The molecule has 9 heteroatoms. The number of ketones is 2. The van der Waals surface area contributed by atoms with Crippen molar-refractivity contribution in [2.24, 2.45) is 0 Å². The number of esters is 2. The second-order valence-corrected chi connectivity index (χ2v) is 7.97. The van der Waals surface area contributed by atoms with Crippen LogP contribution in [0.15, 0.2) is 84.9 Å². The monoisotopic (exact) mass is 512 g/mol. The molecule has 0 saturated carbocycles. The van der Waals surface area contributed by atoms with E-state index in [-0.39, 0.29) is 22.4 Å². The Morgan fingerprint density at radius 1 is 0.579 bits per heavy atom. The van der Waals surface area contributed by atoms with Gasteiger partial charge in [-0.25, -0.2) is 9.59 Å². The molecule has 0 radical (unpaired) electrons. The van der Waals surface area contributed by atoms with Crippen LogP contribution in [0, 0.1) is 0 Å². The Balaban J connectivity index is 2.05. The first-order valence-corrected chi connectivity index (χ1v) is 11.2. The quantitative estimate of drug-likeness (QED) is 0.143. The summed E-state index contributed by atoms with van der Waals surface area (Å²) in [5.74, 6) is -7.54. The molecule has 38 heavy (non-hydrogen) atoms. The summed E-state index contributed by atoms with van der Waals surface area (Å²) in [6.45, 7) is 0. The number of hydrogen-bond acceptors (Lipinski definition) is 9. The first kappa shape index (κ1) is 25.6. The minimum absolute atomic E-state index is 0.0251. The van der Waals surface area contributed by atoms with Crippen molar-refractivity contribution in [2.45, 2.75) is 0 Å². The molecule has 0 heterocycles. The first-order valence-electron chi connectivity index (χ1n) is 11.2. The van der Waals surface area contributed by atoms with Gasteiger partial charge in [0.15, 0.2) is 23.1 Å². The Morgan fingerprint density at radius 3 is 1.71 bits per heavy atom. The molecule has 0 fully saturated rings. The Bertz CT molecular complexity index is 1560. The van der Waals surface area contributed by atoms with E-state index in [1.807, 2.05) is 0 Å². The van der Waals surface area contributed by atoms with Crippen molar-refractivity contribution in [3.63, 3.8) is 0 Å². The van der Waals surface area contributed by atoms with Crippen LogP contribution in [0.1, 0.15) is 52.6 Å². The van der Waals surface area contributed by atoms with E-state index in [1.165, 1.54) is 54.6 Å². The van der Waals surface area contributed by atoms with Gasteiger partial charge in [0.2, 0.25) is 5.75 Å². The highest BCUT2D eigenvalue weighted by Crippen LogP contribution is 2.46. The molecule has 0 unspecified atom stereocenters. The molecule has 4 aromatic carbocycles. The van der Waals surface area contributed by atoms with Gasteiger partial charge in [0.25, 0.3) is 0 Å². The average molecular weight is 512 g/mol. The standard InChI is InChI=1S/C29H20O9/c1-37-29(36)20-21(23(31)16-9-4-2-5-10-16)25(33)26(34)27(38-28(35)17-11-6-3-7-12-17)22(20)24(32)18-13-8-14-19(30)15-18/h2-15,30,33-34H,1H3. The van der Waals surface area contributed by atoms with Gasteiger partial charge in [0.1, 0.15) is 5.75 Å². The lowest BCUT2D eigenvalue weighted by molar-refractivity contribution is 0.0589. The summed E-state index contributed by atoms with van der Waals surface area (Å²) < 4.78 is 10.2. The van der Waals surface area contributed by atoms with Crippen LogP contribution in [-0.4, -0.2) is 45.9 Å². The number of rotatable bonds is 7. The first-order chi connectivity index (χ1) is 18.2. The van der Waals surface area contributed by atoms with Crippen molar-refractivity contribution in [3.8, 4) is 23.0 Å². The zero-order chi connectivity index (χ0) is 27.4. The fraction of sp³-hybridized carbons (Fsp3) is 0.0345. The van der Waals surface area contributed by atoms with Gasteiger partial charge >= 0.3 is 11.9 Å². The maximum atomic E-state index is 13.7. The van der Waals surface area contributed by atoms with E-state index in [1.54, 1.807) is 24.3 Å². The third-order valence-electron chi connectivity index (χ3n) is 5.60. The van der Waals surface area contributed by atoms with Crippen molar-refractivity contribution in [3.05, 3.63) is 118 Å². The molecule has 9 nitrogen and oxygen atoms in total. The number of aromatic hydroxyl groups is 3. The predicted octanol–water partition coefficient (Wildman–Crippen LogP) is 4.27. The zero-order valence-corrected chi connectivity index (χ0v) is 19.9. The molecule has 0 saturated heterocycles. The molecule has 0 spiro atoms. The van der Waals surface area contributed by atoms with E-state index in [0.29, 0.717) is 0 Å². The van der Waals surface area contributed by atoms with Crippen molar-refractivity contribution >= 4 is 23.5 Å². The Labute approximate surface area is 216 Å². The second-order valence-electron chi connectivity index (χ2n) is 7.97. The molecule has 3 N–H and O–H groups in total. The van der Waals surface area contributed by atoms with E-state index < -0.39 is 57.4 Å². The number of benzene rings is 4. The molecule has 0 bridgehead atoms. The highest BCUT2D eigenvalue weighted by atomic mass is 16.5. The SMILES string of the molecule is COC(=O)c1c(C(=O)c2ccccc2)c(O)c(O)c(OC(=O)c2ccccc2)c1C(=O)c1cccc(O)c1. The van der Waals surface area contributed by atoms with Crippen LogP contribution >= 0.6 is 0 Å². The molecular weight excluding hydrogens is 492 g/mol. The molecule has 0 aliphatic carbocycles. The number of carbonyl (C=O) groups excluding carboxylic acids is 4. The highest BCUT2D eigenvalue weighted by molar-refractivity contribution is 6.24. The number of ether oxygens (including phenoxy) is 2. The van der Waals surface area contributed by atoms with Gasteiger partial charge < -0.3 is 24.8 Å². The van der Waals surface area contributed by atoms with Crippen LogP contribution in [0.2, 0.25) is 0 Å². The van der Waals surface area contributed by atoms with Crippen LogP contribution in [0.5, 0.6) is 23.0 Å². The number of hydrogen-bond donors (Lipinski definition) is 3. The third kappa shape index (κ3) is 4.80. The van der Waals surface area contributed by atoms with Crippen molar-refractivity contribution < 1.29 is 44.0 Å². The second kappa shape index (κ2) is 10.7. The minimum Gasteiger partial charge on any atom is -0.508 e. The van der Waals surface area contributed by atoms with Crippen LogP contribution in [0.4, 0.5) is 0 Å². The van der Waals surface area contributed by atoms with E-state index in [9.17, 15) is 34.5 Å². The Morgan fingerprint density at radius 2 is 1.13 bits per heavy atom. The van der Waals surface area contributed by atoms with E-state index in [4.69, 9.17) is 9.47 Å². The smallest absolute Gasteiger partial charge is 0.343 e. The number of carbonyl (C=O) groups is 4. The van der Waals surface area contributed by atoms with Crippen LogP contribution in [-0.2, 0) is 4.74 Å². The topological polar surface area (TPSA) is 147 Å². The van der Waals surface area contributed by atoms with E-state index >= 15 is 0 Å². The average Bonchev–Trinajstić information content (AvgIpc) is 2.95. The highest BCUT2D eigenvalue weighted by Gasteiger charge is 2.37. The molecule has 4 rings (SSSR count). The van der Waals surface area contributed by atoms with Gasteiger partial charge in [-0.2, -0.15) is 0 Å². The van der Waals surface area contributed by atoms with Gasteiger partial charge in [0, 0.05) is 11.1 Å². The summed E-state index contributed by atoms with van der Waals surface area (Å²) in [5.41, 5.74) is -2.30. The molecule has 0 aromatic heterocycles. The molecule has 0 aliphatic heterocycles. The lowest BCUT2D eigenvalue weighted by Gasteiger charge is -2.19. The Hall–Kier alpha value is -5.44. The maximum Gasteiger partial charge on any atom is 0.343 e. The van der Waals surface area contributed by atoms with Crippen molar-refractivity contribution in [2.75, 3.05) is 7.11 Å². The van der Waals surface area contributed by atoms with Crippen LogP contribution in [0.25, 0.3) is 0 Å². The van der Waals surface area contributed by atoms with Gasteiger partial charge in [-0.05, 0) is 24.3 Å². The summed E-state index contributed by atoms with van der Waals surface area (Å²) in [6.07, 6.45) is 0. The molecule has 0 amide bonds. The lowest BCUT2D eigenvalue weighted by Crippen LogP contribution is -2.21. The van der Waals surface area contributed by atoms with E-state index in [0.717, 1.165) is 13.2 Å². The number of phenolic OH excluding ortho intramolecular Hbond substituents is 3. The third-order valence-corrected chi connectivity index (χ3v) is 5.60. The zero-order valence-electron chi connectivity index (χ0n) is 19.9. The molecular formula is C29H20O9.